The third kappa shape index (κ3) is 4.34. The van der Waals surface area contributed by atoms with E-state index in [0.717, 1.165) is 18.5 Å². The number of nitrogens with zero attached hydrogens (tertiary/aromatic N) is 4. The number of para-hydroxylation sites is 4. The second-order valence-corrected chi connectivity index (χ2v) is 8.57. The average molecular weight is 482 g/mol. The lowest BCUT2D eigenvalue weighted by Crippen LogP contribution is -2.28. The molecule has 9 heteroatoms. The number of aromatic nitrogens is 2. The molecule has 0 bridgehead atoms. The molecule has 1 aliphatic heterocycles. The van der Waals surface area contributed by atoms with Crippen LogP contribution in [-0.2, 0) is 13.0 Å². The number of nitro groups is 1. The number of anilines is 2. The molecule has 4 aromatic rings. The van der Waals surface area contributed by atoms with Crippen molar-refractivity contribution in [1.29, 1.82) is 0 Å². The summed E-state index contributed by atoms with van der Waals surface area (Å²) in [7, 11) is 0. The summed E-state index contributed by atoms with van der Waals surface area (Å²) in [5.41, 5.74) is 3.38. The molecule has 0 unspecified atom stereocenters. The summed E-state index contributed by atoms with van der Waals surface area (Å²) in [4.78, 5) is 39.1. The Morgan fingerprint density at radius 3 is 2.53 bits per heavy atom. The van der Waals surface area contributed by atoms with Crippen molar-refractivity contribution in [2.45, 2.75) is 19.9 Å². The molecule has 0 radical (unpaired) electrons. The number of benzene rings is 3. The van der Waals surface area contributed by atoms with Crippen LogP contribution < -0.4 is 15.6 Å². The van der Waals surface area contributed by atoms with Crippen LogP contribution in [-0.4, -0.2) is 27.2 Å². The normalized spacial score (nSPS) is 12.3. The number of hydrogen-bond donors (Lipinski definition) is 1. The Labute approximate surface area is 206 Å². The van der Waals surface area contributed by atoms with E-state index >= 15 is 0 Å². The maximum atomic E-state index is 13.2. The van der Waals surface area contributed by atoms with Crippen molar-refractivity contribution in [3.8, 4) is 5.69 Å². The number of nitro benzene ring substituents is 1. The standard InChI is InChI=1S/C27H23N5O4/c1-18-16-25(33)26(29-31(18)23-12-6-7-13-24(23)32(35)36)27(34)28-21-10-4-2-9-20(21)17-30-15-14-19-8-3-5-11-22(19)30/h2-13,16H,14-15,17H2,1H3,(H,28,34). The molecule has 3 aromatic carbocycles. The van der Waals surface area contributed by atoms with Crippen LogP contribution in [0.3, 0.4) is 0 Å². The van der Waals surface area contributed by atoms with Gasteiger partial charge in [0.2, 0.25) is 5.43 Å². The molecule has 180 valence electrons. The molecular formula is C27H23N5O4. The van der Waals surface area contributed by atoms with Gasteiger partial charge < -0.3 is 10.2 Å². The first-order valence-corrected chi connectivity index (χ1v) is 11.5. The quantitative estimate of drug-likeness (QED) is 0.325. The fourth-order valence-electron chi connectivity index (χ4n) is 4.48. The van der Waals surface area contributed by atoms with Gasteiger partial charge in [0, 0.05) is 42.3 Å². The van der Waals surface area contributed by atoms with Crippen molar-refractivity contribution in [3.63, 3.8) is 0 Å². The summed E-state index contributed by atoms with van der Waals surface area (Å²) >= 11 is 0. The minimum atomic E-state index is -0.679. The Morgan fingerprint density at radius 1 is 1.03 bits per heavy atom. The lowest BCUT2D eigenvalue weighted by atomic mass is 10.1. The van der Waals surface area contributed by atoms with Gasteiger partial charge in [-0.15, -0.1) is 0 Å². The third-order valence-electron chi connectivity index (χ3n) is 6.24. The molecule has 0 aliphatic carbocycles. The van der Waals surface area contributed by atoms with Crippen molar-refractivity contribution < 1.29 is 9.72 Å². The van der Waals surface area contributed by atoms with E-state index in [1.807, 2.05) is 30.3 Å². The highest BCUT2D eigenvalue weighted by Crippen LogP contribution is 2.30. The summed E-state index contributed by atoms with van der Waals surface area (Å²) in [6, 6.07) is 23.0. The van der Waals surface area contributed by atoms with Gasteiger partial charge in [0.25, 0.3) is 11.6 Å². The van der Waals surface area contributed by atoms with Gasteiger partial charge in [0.15, 0.2) is 5.69 Å². The number of aryl methyl sites for hydroxylation is 1. The molecule has 2 heterocycles. The van der Waals surface area contributed by atoms with Gasteiger partial charge in [-0.05, 0) is 42.7 Å². The van der Waals surface area contributed by atoms with Crippen molar-refractivity contribution in [3.05, 3.63) is 122 Å². The predicted octanol–water partition coefficient (Wildman–Crippen LogP) is 4.26. The summed E-state index contributed by atoms with van der Waals surface area (Å²) < 4.78 is 1.25. The molecule has 5 rings (SSSR count). The fraction of sp³-hybridized carbons (Fsp3) is 0.148. The maximum Gasteiger partial charge on any atom is 0.294 e. The summed E-state index contributed by atoms with van der Waals surface area (Å²) in [5.74, 6) is -0.679. The second-order valence-electron chi connectivity index (χ2n) is 8.57. The molecule has 9 nitrogen and oxygen atoms in total. The molecule has 1 N–H and O–H groups in total. The lowest BCUT2D eigenvalue weighted by molar-refractivity contribution is -0.384. The molecule has 0 spiro atoms. The maximum absolute atomic E-state index is 13.2. The minimum absolute atomic E-state index is 0.169. The molecule has 36 heavy (non-hydrogen) atoms. The highest BCUT2D eigenvalue weighted by atomic mass is 16.6. The van der Waals surface area contributed by atoms with Crippen LogP contribution in [0.1, 0.15) is 27.3 Å². The molecule has 0 fully saturated rings. The van der Waals surface area contributed by atoms with E-state index in [9.17, 15) is 19.7 Å². The zero-order valence-corrected chi connectivity index (χ0v) is 19.5. The number of hydrogen-bond acceptors (Lipinski definition) is 6. The Morgan fingerprint density at radius 2 is 1.72 bits per heavy atom. The summed E-state index contributed by atoms with van der Waals surface area (Å²) in [6.45, 7) is 3.08. The summed E-state index contributed by atoms with van der Waals surface area (Å²) in [5, 5.41) is 18.6. The Bertz CT molecular complexity index is 1550. The van der Waals surface area contributed by atoms with Gasteiger partial charge in [-0.2, -0.15) is 5.10 Å². The van der Waals surface area contributed by atoms with Gasteiger partial charge in [-0.3, -0.25) is 19.7 Å². The van der Waals surface area contributed by atoms with Crippen LogP contribution in [0.25, 0.3) is 5.69 Å². The van der Waals surface area contributed by atoms with Crippen molar-refractivity contribution in [1.82, 2.24) is 9.78 Å². The van der Waals surface area contributed by atoms with Gasteiger partial charge in [0.1, 0.15) is 5.69 Å². The molecule has 1 aliphatic rings. The van der Waals surface area contributed by atoms with Crippen LogP contribution in [0.2, 0.25) is 0 Å². The Balaban J connectivity index is 1.45. The topological polar surface area (TPSA) is 110 Å². The summed E-state index contributed by atoms with van der Waals surface area (Å²) in [6.07, 6.45) is 0.961. The lowest BCUT2D eigenvalue weighted by Gasteiger charge is -2.21. The predicted molar refractivity (Wildman–Crippen MR) is 137 cm³/mol. The van der Waals surface area contributed by atoms with E-state index in [1.165, 1.54) is 34.1 Å². The van der Waals surface area contributed by atoms with Gasteiger partial charge in [-0.1, -0.05) is 48.5 Å². The molecule has 1 aromatic heterocycles. The van der Waals surface area contributed by atoms with Crippen LogP contribution in [0, 0.1) is 17.0 Å². The number of nitrogens with one attached hydrogen (secondary N) is 1. The first-order chi connectivity index (χ1) is 17.4. The van der Waals surface area contributed by atoms with Crippen molar-refractivity contribution in [2.24, 2.45) is 0 Å². The number of rotatable bonds is 6. The Hall–Kier alpha value is -4.79. The van der Waals surface area contributed by atoms with Crippen molar-refractivity contribution in [2.75, 3.05) is 16.8 Å². The largest absolute Gasteiger partial charge is 0.367 e. The number of amides is 1. The van der Waals surface area contributed by atoms with Gasteiger partial charge in [0.05, 0.1) is 4.92 Å². The van der Waals surface area contributed by atoms with E-state index in [4.69, 9.17) is 0 Å². The van der Waals surface area contributed by atoms with E-state index in [2.05, 4.69) is 27.4 Å². The highest BCUT2D eigenvalue weighted by molar-refractivity contribution is 6.03. The highest BCUT2D eigenvalue weighted by Gasteiger charge is 2.22. The third-order valence-corrected chi connectivity index (χ3v) is 6.24. The minimum Gasteiger partial charge on any atom is -0.367 e. The first-order valence-electron chi connectivity index (χ1n) is 11.5. The smallest absolute Gasteiger partial charge is 0.294 e. The molecule has 0 atom stereocenters. The van der Waals surface area contributed by atoms with E-state index in [0.29, 0.717) is 17.9 Å². The van der Waals surface area contributed by atoms with Crippen LogP contribution in [0.15, 0.2) is 83.7 Å². The van der Waals surface area contributed by atoms with Gasteiger partial charge in [-0.25, -0.2) is 4.68 Å². The average Bonchev–Trinajstić information content (AvgIpc) is 3.28. The number of fused-ring (bicyclic) bond motifs is 1. The monoisotopic (exact) mass is 481 g/mol. The van der Waals surface area contributed by atoms with E-state index in [-0.39, 0.29) is 17.1 Å². The number of carbonyl (C=O) groups is 1. The van der Waals surface area contributed by atoms with E-state index < -0.39 is 16.3 Å². The molecule has 1 amide bonds. The SMILES string of the molecule is Cc1cc(=O)c(C(=O)Nc2ccccc2CN2CCc3ccccc32)nn1-c1ccccc1[N+](=O)[O-]. The van der Waals surface area contributed by atoms with Crippen molar-refractivity contribution >= 4 is 23.0 Å². The zero-order chi connectivity index (χ0) is 25.2. The first kappa shape index (κ1) is 23.0. The van der Waals surface area contributed by atoms with Gasteiger partial charge >= 0.3 is 0 Å². The molecular weight excluding hydrogens is 458 g/mol. The molecule has 0 saturated heterocycles. The number of carbonyl (C=O) groups excluding carboxylic acids is 1. The van der Waals surface area contributed by atoms with Crippen LogP contribution in [0.4, 0.5) is 17.1 Å². The van der Waals surface area contributed by atoms with Crippen LogP contribution in [0.5, 0.6) is 0 Å². The molecule has 0 saturated carbocycles. The Kier molecular flexibility index (Phi) is 6.03. The fourth-order valence-corrected chi connectivity index (χ4v) is 4.48. The second kappa shape index (κ2) is 9.46. The van der Waals surface area contributed by atoms with Crippen LogP contribution >= 0.6 is 0 Å². The zero-order valence-electron chi connectivity index (χ0n) is 19.5. The van der Waals surface area contributed by atoms with E-state index in [1.54, 1.807) is 25.1 Å².